The lowest BCUT2D eigenvalue weighted by Gasteiger charge is -2.32. The van der Waals surface area contributed by atoms with Crippen molar-refractivity contribution in [3.63, 3.8) is 0 Å². The lowest BCUT2D eigenvalue weighted by molar-refractivity contribution is -0.144. The largest absolute Gasteiger partial charge is 0.481 e. The predicted molar refractivity (Wildman–Crippen MR) is 82.3 cm³/mol. The molecule has 0 bridgehead atoms. The van der Waals surface area contributed by atoms with Gasteiger partial charge in [0.15, 0.2) is 5.60 Å². The molecule has 2 N–H and O–H groups in total. The molecular formula is C17H23NO4. The number of nitrogens with one attached hydrogen (secondary N) is 1. The number of hydrogen-bond donors (Lipinski definition) is 2. The van der Waals surface area contributed by atoms with Crippen LogP contribution in [0.15, 0.2) is 30.3 Å². The fraction of sp³-hybridized carbons (Fsp3) is 0.529. The highest BCUT2D eigenvalue weighted by atomic mass is 16.5. The van der Waals surface area contributed by atoms with E-state index in [9.17, 15) is 9.59 Å². The average molecular weight is 305 g/mol. The lowest BCUT2D eigenvalue weighted by atomic mass is 9.85. The van der Waals surface area contributed by atoms with E-state index in [1.807, 2.05) is 30.3 Å². The Hall–Kier alpha value is -1.88. The summed E-state index contributed by atoms with van der Waals surface area (Å²) in [7, 11) is 1.52. The molecule has 1 amide bonds. The monoisotopic (exact) mass is 305 g/mol. The number of methoxy groups -OCH3 is 1. The molecule has 1 aliphatic carbocycles. The molecule has 1 aliphatic rings. The van der Waals surface area contributed by atoms with Crippen molar-refractivity contribution in [1.29, 1.82) is 0 Å². The van der Waals surface area contributed by atoms with Crippen LogP contribution < -0.4 is 5.32 Å². The highest BCUT2D eigenvalue weighted by Crippen LogP contribution is 2.28. The van der Waals surface area contributed by atoms with E-state index in [-0.39, 0.29) is 17.9 Å². The van der Waals surface area contributed by atoms with Gasteiger partial charge in [-0.15, -0.1) is 0 Å². The van der Waals surface area contributed by atoms with E-state index in [0.717, 1.165) is 5.56 Å². The molecule has 1 saturated carbocycles. The molecule has 0 aromatic heterocycles. The van der Waals surface area contributed by atoms with Crippen LogP contribution in [0.5, 0.6) is 0 Å². The summed E-state index contributed by atoms with van der Waals surface area (Å²) in [4.78, 5) is 23.6. The summed E-state index contributed by atoms with van der Waals surface area (Å²) in [5.41, 5.74) is -0.237. The molecule has 0 aliphatic heterocycles. The third-order valence-corrected chi connectivity index (χ3v) is 4.58. The first kappa shape index (κ1) is 16.5. The van der Waals surface area contributed by atoms with Crippen molar-refractivity contribution in [3.8, 4) is 0 Å². The molecule has 2 rings (SSSR count). The Morgan fingerprint density at radius 3 is 2.27 bits per heavy atom. The number of rotatable bonds is 5. The van der Waals surface area contributed by atoms with Gasteiger partial charge in [0, 0.05) is 13.2 Å². The maximum absolute atomic E-state index is 12.6. The number of carboxylic acids is 1. The van der Waals surface area contributed by atoms with Crippen LogP contribution in [-0.4, -0.2) is 30.1 Å². The maximum atomic E-state index is 12.6. The zero-order valence-corrected chi connectivity index (χ0v) is 13.0. The molecule has 1 fully saturated rings. The molecule has 0 heterocycles. The third kappa shape index (κ3) is 3.47. The van der Waals surface area contributed by atoms with E-state index in [2.05, 4.69) is 5.32 Å². The zero-order chi connectivity index (χ0) is 16.2. The number of hydrogen-bond acceptors (Lipinski definition) is 3. The summed E-state index contributed by atoms with van der Waals surface area (Å²) in [5, 5.41) is 12.0. The number of benzene rings is 1. The van der Waals surface area contributed by atoms with Crippen molar-refractivity contribution < 1.29 is 19.4 Å². The van der Waals surface area contributed by atoms with Crippen LogP contribution >= 0.6 is 0 Å². The topological polar surface area (TPSA) is 75.6 Å². The fourth-order valence-corrected chi connectivity index (χ4v) is 2.91. The van der Waals surface area contributed by atoms with Gasteiger partial charge in [-0.2, -0.15) is 0 Å². The molecule has 5 heteroatoms. The second-order valence-electron chi connectivity index (χ2n) is 5.96. The maximum Gasteiger partial charge on any atom is 0.306 e. The van der Waals surface area contributed by atoms with Crippen LogP contribution in [0, 0.1) is 5.92 Å². The van der Waals surface area contributed by atoms with Gasteiger partial charge >= 0.3 is 5.97 Å². The molecular weight excluding hydrogens is 282 g/mol. The molecule has 1 unspecified atom stereocenters. The minimum atomic E-state index is -1.04. The molecule has 1 aromatic rings. The predicted octanol–water partition coefficient (Wildman–Crippen LogP) is 2.31. The van der Waals surface area contributed by atoms with E-state index in [4.69, 9.17) is 9.84 Å². The van der Waals surface area contributed by atoms with E-state index < -0.39 is 11.6 Å². The first-order valence-corrected chi connectivity index (χ1v) is 7.62. The van der Waals surface area contributed by atoms with Crippen LogP contribution in [0.4, 0.5) is 0 Å². The molecule has 120 valence electrons. The number of carboxylic acid groups (broad SMARTS) is 1. The summed E-state index contributed by atoms with van der Waals surface area (Å²) in [5.74, 6) is -1.20. The number of ether oxygens (including phenoxy) is 1. The normalized spacial score (nSPS) is 24.3. The van der Waals surface area contributed by atoms with Crippen LogP contribution in [-0.2, 0) is 19.9 Å². The SMILES string of the molecule is COC(C)(C(=O)NC1CCC(C(=O)O)CC1)c1ccccc1. The van der Waals surface area contributed by atoms with Gasteiger partial charge in [-0.05, 0) is 38.2 Å². The van der Waals surface area contributed by atoms with Crippen molar-refractivity contribution in [2.24, 2.45) is 5.92 Å². The molecule has 1 atom stereocenters. The summed E-state index contributed by atoms with van der Waals surface area (Å²) < 4.78 is 5.48. The highest BCUT2D eigenvalue weighted by Gasteiger charge is 2.37. The first-order valence-electron chi connectivity index (χ1n) is 7.62. The van der Waals surface area contributed by atoms with E-state index >= 15 is 0 Å². The highest BCUT2D eigenvalue weighted by molar-refractivity contribution is 5.86. The number of aliphatic carboxylic acids is 1. The number of amides is 1. The van der Waals surface area contributed by atoms with E-state index in [1.165, 1.54) is 7.11 Å². The van der Waals surface area contributed by atoms with Gasteiger partial charge < -0.3 is 15.2 Å². The van der Waals surface area contributed by atoms with E-state index in [0.29, 0.717) is 25.7 Å². The second kappa shape index (κ2) is 6.92. The standard InChI is InChI=1S/C17H23NO4/c1-17(22-2,13-6-4-3-5-7-13)16(21)18-14-10-8-12(9-11-14)15(19)20/h3-7,12,14H,8-11H2,1-2H3,(H,18,21)(H,19,20). The Bertz CT molecular complexity index is 523. The van der Waals surface area contributed by atoms with Gasteiger partial charge in [0.05, 0.1) is 5.92 Å². The van der Waals surface area contributed by atoms with Crippen molar-refractivity contribution >= 4 is 11.9 Å². The zero-order valence-electron chi connectivity index (χ0n) is 13.0. The molecule has 0 spiro atoms. The third-order valence-electron chi connectivity index (χ3n) is 4.58. The van der Waals surface area contributed by atoms with Crippen LogP contribution in [0.2, 0.25) is 0 Å². The van der Waals surface area contributed by atoms with Crippen LogP contribution in [0.1, 0.15) is 38.2 Å². The van der Waals surface area contributed by atoms with Gasteiger partial charge in [-0.25, -0.2) is 0 Å². The molecule has 0 saturated heterocycles. The molecule has 22 heavy (non-hydrogen) atoms. The minimum absolute atomic E-state index is 0.0151. The van der Waals surface area contributed by atoms with Crippen LogP contribution in [0.25, 0.3) is 0 Å². The van der Waals surface area contributed by atoms with Gasteiger partial charge in [-0.1, -0.05) is 30.3 Å². The Morgan fingerprint density at radius 2 is 1.77 bits per heavy atom. The van der Waals surface area contributed by atoms with Gasteiger partial charge in [0.1, 0.15) is 0 Å². The van der Waals surface area contributed by atoms with Crippen LogP contribution in [0.3, 0.4) is 0 Å². The summed E-state index contributed by atoms with van der Waals surface area (Å²) in [6.07, 6.45) is 2.60. The van der Waals surface area contributed by atoms with Crippen molar-refractivity contribution in [3.05, 3.63) is 35.9 Å². The first-order chi connectivity index (χ1) is 10.5. The Morgan fingerprint density at radius 1 is 1.18 bits per heavy atom. The Balaban J connectivity index is 2.00. The van der Waals surface area contributed by atoms with Crippen molar-refractivity contribution in [2.75, 3.05) is 7.11 Å². The molecule has 5 nitrogen and oxygen atoms in total. The lowest BCUT2D eigenvalue weighted by Crippen LogP contribution is -2.48. The summed E-state index contributed by atoms with van der Waals surface area (Å²) in [6.45, 7) is 1.75. The van der Waals surface area contributed by atoms with Gasteiger partial charge in [0.2, 0.25) is 0 Å². The Labute approximate surface area is 130 Å². The minimum Gasteiger partial charge on any atom is -0.481 e. The van der Waals surface area contributed by atoms with Crippen molar-refractivity contribution in [1.82, 2.24) is 5.32 Å². The Kier molecular flexibility index (Phi) is 5.19. The van der Waals surface area contributed by atoms with Crippen molar-refractivity contribution in [2.45, 2.75) is 44.2 Å². The van der Waals surface area contributed by atoms with E-state index in [1.54, 1.807) is 6.92 Å². The summed E-state index contributed by atoms with van der Waals surface area (Å²) >= 11 is 0. The number of carbonyl (C=O) groups is 2. The fourth-order valence-electron chi connectivity index (χ4n) is 2.91. The quantitative estimate of drug-likeness (QED) is 0.875. The molecule has 0 radical (unpaired) electrons. The molecule has 1 aromatic carbocycles. The smallest absolute Gasteiger partial charge is 0.306 e. The second-order valence-corrected chi connectivity index (χ2v) is 5.96. The number of carbonyl (C=O) groups excluding carboxylic acids is 1. The van der Waals surface area contributed by atoms with Gasteiger partial charge in [-0.3, -0.25) is 9.59 Å². The summed E-state index contributed by atoms with van der Waals surface area (Å²) in [6, 6.07) is 9.39. The average Bonchev–Trinajstić information content (AvgIpc) is 2.55. The van der Waals surface area contributed by atoms with Gasteiger partial charge in [0.25, 0.3) is 5.91 Å².